The average Bonchev–Trinajstić information content (AvgIpc) is 2.43. The first-order valence-corrected chi connectivity index (χ1v) is 4.56. The fourth-order valence-electron chi connectivity index (χ4n) is 1.27. The largest absolute Gasteiger partial charge is 0.349 e. The van der Waals surface area contributed by atoms with Gasteiger partial charge in [0.15, 0.2) is 0 Å². The molecule has 3 heteroatoms. The lowest BCUT2D eigenvalue weighted by molar-refractivity contribution is 1.07. The van der Waals surface area contributed by atoms with Crippen molar-refractivity contribution in [3.05, 3.63) is 34.4 Å². The van der Waals surface area contributed by atoms with E-state index in [2.05, 4.69) is 39.1 Å². The second-order valence-corrected chi connectivity index (χ2v) is 3.60. The minimum atomic E-state index is 0.590. The van der Waals surface area contributed by atoms with Gasteiger partial charge < -0.3 is 10.7 Å². The molecule has 3 N–H and O–H groups in total. The van der Waals surface area contributed by atoms with Gasteiger partial charge in [-0.3, -0.25) is 0 Å². The maximum Gasteiger partial charge on any atom is 0.0830 e. The lowest BCUT2D eigenvalue weighted by Gasteiger charge is -1.94. The second kappa shape index (κ2) is 2.92. The molecule has 0 saturated carbocycles. The van der Waals surface area contributed by atoms with E-state index in [1.165, 1.54) is 5.39 Å². The summed E-state index contributed by atoms with van der Waals surface area (Å²) in [6.07, 6.45) is 0. The molecule has 0 unspecified atom stereocenters. The fraction of sp³-hybridized carbons (Fsp3) is 0.111. The Bertz CT molecular complexity index is 406. The average molecular weight is 225 g/mol. The molecule has 62 valence electrons. The molecule has 0 saturated heterocycles. The maximum absolute atomic E-state index is 5.52. The third-order valence-corrected chi connectivity index (χ3v) is 2.32. The first-order chi connectivity index (χ1) is 5.79. The summed E-state index contributed by atoms with van der Waals surface area (Å²) in [7, 11) is 0. The van der Waals surface area contributed by atoms with Crippen LogP contribution in [0.25, 0.3) is 10.9 Å². The molecule has 1 aromatic heterocycles. The number of aromatic nitrogens is 1. The van der Waals surface area contributed by atoms with Crippen LogP contribution in [0.2, 0.25) is 0 Å². The lowest BCUT2D eigenvalue weighted by Crippen LogP contribution is -1.94. The molecule has 12 heavy (non-hydrogen) atoms. The van der Waals surface area contributed by atoms with Crippen LogP contribution in [0.5, 0.6) is 0 Å². The third kappa shape index (κ3) is 1.26. The van der Waals surface area contributed by atoms with Gasteiger partial charge in [0, 0.05) is 17.4 Å². The molecular formula is C9H9BrN2. The number of fused-ring (bicyclic) bond motifs is 1. The van der Waals surface area contributed by atoms with Crippen LogP contribution in [0.3, 0.4) is 0 Å². The molecule has 2 nitrogen and oxygen atoms in total. The summed E-state index contributed by atoms with van der Waals surface area (Å²) < 4.78 is 1.01. The Morgan fingerprint density at radius 3 is 2.92 bits per heavy atom. The topological polar surface area (TPSA) is 41.8 Å². The molecule has 0 fully saturated rings. The van der Waals surface area contributed by atoms with E-state index < -0.39 is 0 Å². The smallest absolute Gasteiger partial charge is 0.0830 e. The van der Waals surface area contributed by atoms with Gasteiger partial charge in [-0.2, -0.15) is 0 Å². The quantitative estimate of drug-likeness (QED) is 0.768. The molecule has 0 aliphatic carbocycles. The second-order valence-electron chi connectivity index (χ2n) is 2.74. The molecule has 0 aliphatic rings. The van der Waals surface area contributed by atoms with Crippen LogP contribution in [0.4, 0.5) is 0 Å². The van der Waals surface area contributed by atoms with Crippen LogP contribution in [0.15, 0.2) is 28.9 Å². The number of nitrogens with one attached hydrogen (secondary N) is 1. The van der Waals surface area contributed by atoms with Gasteiger partial charge in [0.05, 0.1) is 4.60 Å². The standard InChI is InChI=1S/C9H9BrN2/c10-9-4-7-2-1-6(5-11)3-8(7)12-9/h1-4,12H,5,11H2. The number of hydrogen-bond donors (Lipinski definition) is 2. The predicted octanol–water partition coefficient (Wildman–Crippen LogP) is 2.39. The molecule has 2 aromatic rings. The molecule has 0 aliphatic heterocycles. The summed E-state index contributed by atoms with van der Waals surface area (Å²) in [4.78, 5) is 3.19. The molecule has 0 atom stereocenters. The normalized spacial score (nSPS) is 10.8. The van der Waals surface area contributed by atoms with Crippen molar-refractivity contribution in [3.8, 4) is 0 Å². The van der Waals surface area contributed by atoms with E-state index >= 15 is 0 Å². The third-order valence-electron chi connectivity index (χ3n) is 1.89. The number of benzene rings is 1. The molecule has 0 radical (unpaired) electrons. The molecular weight excluding hydrogens is 216 g/mol. The first-order valence-electron chi connectivity index (χ1n) is 3.77. The summed E-state index contributed by atoms with van der Waals surface area (Å²) in [5.74, 6) is 0. The summed E-state index contributed by atoms with van der Waals surface area (Å²) in [5.41, 5.74) is 7.80. The number of halogens is 1. The van der Waals surface area contributed by atoms with Gasteiger partial charge in [-0.1, -0.05) is 12.1 Å². The summed E-state index contributed by atoms with van der Waals surface area (Å²) in [6, 6.07) is 8.23. The minimum absolute atomic E-state index is 0.590. The fourth-order valence-corrected chi connectivity index (χ4v) is 1.73. The minimum Gasteiger partial charge on any atom is -0.349 e. The zero-order valence-corrected chi connectivity index (χ0v) is 8.06. The van der Waals surface area contributed by atoms with Gasteiger partial charge in [0.25, 0.3) is 0 Å². The zero-order chi connectivity index (χ0) is 8.55. The number of nitrogens with two attached hydrogens (primary N) is 1. The lowest BCUT2D eigenvalue weighted by atomic mass is 10.2. The molecule has 0 bridgehead atoms. The molecule has 0 spiro atoms. The molecule has 0 amide bonds. The van der Waals surface area contributed by atoms with Crippen LogP contribution in [0, 0.1) is 0 Å². The number of hydrogen-bond acceptors (Lipinski definition) is 1. The van der Waals surface area contributed by atoms with Gasteiger partial charge in [0.1, 0.15) is 0 Å². The SMILES string of the molecule is NCc1ccc2cc(Br)[nH]c2c1. The number of aromatic amines is 1. The summed E-state index contributed by atoms with van der Waals surface area (Å²) in [5, 5.41) is 1.21. The van der Waals surface area contributed by atoms with E-state index in [0.717, 1.165) is 15.7 Å². The van der Waals surface area contributed by atoms with Crippen molar-refractivity contribution in [2.75, 3.05) is 0 Å². The van der Waals surface area contributed by atoms with Crippen molar-refractivity contribution in [2.45, 2.75) is 6.54 Å². The predicted molar refractivity (Wildman–Crippen MR) is 53.9 cm³/mol. The Labute approximate surface area is 78.9 Å². The van der Waals surface area contributed by atoms with Gasteiger partial charge in [-0.25, -0.2) is 0 Å². The van der Waals surface area contributed by atoms with Crippen molar-refractivity contribution in [2.24, 2.45) is 5.73 Å². The summed E-state index contributed by atoms with van der Waals surface area (Å²) >= 11 is 3.38. The molecule has 2 rings (SSSR count). The van der Waals surface area contributed by atoms with Crippen LogP contribution in [0.1, 0.15) is 5.56 Å². The molecule has 1 aromatic carbocycles. The summed E-state index contributed by atoms with van der Waals surface area (Å²) in [6.45, 7) is 0.590. The van der Waals surface area contributed by atoms with Crippen molar-refractivity contribution in [1.29, 1.82) is 0 Å². The Kier molecular flexibility index (Phi) is 1.90. The van der Waals surface area contributed by atoms with E-state index in [9.17, 15) is 0 Å². The Hall–Kier alpha value is -0.800. The highest BCUT2D eigenvalue weighted by molar-refractivity contribution is 9.10. The van der Waals surface area contributed by atoms with E-state index in [0.29, 0.717) is 6.54 Å². The monoisotopic (exact) mass is 224 g/mol. The van der Waals surface area contributed by atoms with E-state index in [1.54, 1.807) is 0 Å². The van der Waals surface area contributed by atoms with Crippen molar-refractivity contribution >= 4 is 26.8 Å². The first kappa shape index (κ1) is 7.83. The maximum atomic E-state index is 5.52. The molecule has 1 heterocycles. The Morgan fingerprint density at radius 2 is 2.17 bits per heavy atom. The zero-order valence-electron chi connectivity index (χ0n) is 6.47. The van der Waals surface area contributed by atoms with Gasteiger partial charge in [-0.05, 0) is 33.6 Å². The van der Waals surface area contributed by atoms with E-state index in [4.69, 9.17) is 5.73 Å². The highest BCUT2D eigenvalue weighted by Gasteiger charge is 1.98. The highest BCUT2D eigenvalue weighted by Crippen LogP contribution is 2.19. The Balaban J connectivity index is 2.66. The highest BCUT2D eigenvalue weighted by atomic mass is 79.9. The van der Waals surface area contributed by atoms with E-state index in [1.807, 2.05) is 6.07 Å². The van der Waals surface area contributed by atoms with Crippen LogP contribution >= 0.6 is 15.9 Å². The number of rotatable bonds is 1. The van der Waals surface area contributed by atoms with Gasteiger partial charge in [-0.15, -0.1) is 0 Å². The van der Waals surface area contributed by atoms with Crippen molar-refractivity contribution in [3.63, 3.8) is 0 Å². The van der Waals surface area contributed by atoms with Gasteiger partial charge >= 0.3 is 0 Å². The van der Waals surface area contributed by atoms with Crippen LogP contribution in [-0.2, 0) is 6.54 Å². The van der Waals surface area contributed by atoms with Gasteiger partial charge in [0.2, 0.25) is 0 Å². The van der Waals surface area contributed by atoms with Crippen LogP contribution in [-0.4, -0.2) is 4.98 Å². The van der Waals surface area contributed by atoms with E-state index in [-0.39, 0.29) is 0 Å². The Morgan fingerprint density at radius 1 is 1.33 bits per heavy atom. The van der Waals surface area contributed by atoms with Crippen LogP contribution < -0.4 is 5.73 Å². The number of H-pyrrole nitrogens is 1. The van der Waals surface area contributed by atoms with Crippen molar-refractivity contribution in [1.82, 2.24) is 4.98 Å². The van der Waals surface area contributed by atoms with Crippen molar-refractivity contribution < 1.29 is 0 Å².